The number of rotatable bonds is 9. The Bertz CT molecular complexity index is 737. The van der Waals surface area contributed by atoms with Crippen LogP contribution in [0.15, 0.2) is 33.5 Å². The summed E-state index contributed by atoms with van der Waals surface area (Å²) in [5.74, 6) is 1.44. The van der Waals surface area contributed by atoms with Gasteiger partial charge in [-0.05, 0) is 31.2 Å². The molecule has 0 spiro atoms. The number of nitrogens with zero attached hydrogens (tertiary/aromatic N) is 5. The summed E-state index contributed by atoms with van der Waals surface area (Å²) in [4.78, 5) is 5.86. The van der Waals surface area contributed by atoms with E-state index in [-0.39, 0.29) is 5.25 Å². The zero-order chi connectivity index (χ0) is 16.8. The quantitative estimate of drug-likeness (QED) is 0.532. The van der Waals surface area contributed by atoms with Gasteiger partial charge in [0.1, 0.15) is 6.33 Å². The molecule has 3 aromatic rings. The molecule has 0 fully saturated rings. The molecule has 3 rings (SSSR count). The van der Waals surface area contributed by atoms with Crippen LogP contribution in [0.5, 0.6) is 0 Å². The lowest BCUT2D eigenvalue weighted by atomic mass is 10.2. The van der Waals surface area contributed by atoms with Gasteiger partial charge < -0.3 is 9.09 Å². The summed E-state index contributed by atoms with van der Waals surface area (Å²) in [6.45, 7) is 5.08. The van der Waals surface area contributed by atoms with Gasteiger partial charge in [-0.3, -0.25) is 0 Å². The minimum atomic E-state index is 0.0533. The summed E-state index contributed by atoms with van der Waals surface area (Å²) in [6, 6.07) is 4.23. The van der Waals surface area contributed by atoms with Crippen molar-refractivity contribution in [3.8, 4) is 0 Å². The van der Waals surface area contributed by atoms with Gasteiger partial charge >= 0.3 is 0 Å². The van der Waals surface area contributed by atoms with E-state index in [0.29, 0.717) is 5.89 Å². The van der Waals surface area contributed by atoms with E-state index in [4.69, 9.17) is 4.52 Å². The molecular formula is C16H21N5OS2. The van der Waals surface area contributed by atoms with Gasteiger partial charge in [-0.15, -0.1) is 21.5 Å². The van der Waals surface area contributed by atoms with E-state index in [1.807, 2.05) is 0 Å². The molecule has 0 saturated heterocycles. The Labute approximate surface area is 149 Å². The zero-order valence-electron chi connectivity index (χ0n) is 13.9. The number of unbranched alkanes of at least 4 members (excludes halogenated alkanes) is 1. The second-order valence-corrected chi connectivity index (χ2v) is 7.89. The first-order valence-electron chi connectivity index (χ1n) is 8.15. The molecule has 3 aromatic heterocycles. The highest BCUT2D eigenvalue weighted by atomic mass is 32.2. The Morgan fingerprint density at radius 2 is 2.29 bits per heavy atom. The number of hydrogen-bond donors (Lipinski definition) is 0. The van der Waals surface area contributed by atoms with Gasteiger partial charge in [-0.25, -0.2) is 0 Å². The highest BCUT2D eigenvalue weighted by Crippen LogP contribution is 2.32. The van der Waals surface area contributed by atoms with Crippen LogP contribution >= 0.6 is 23.1 Å². The monoisotopic (exact) mass is 363 g/mol. The molecule has 0 aliphatic rings. The second-order valence-electron chi connectivity index (χ2n) is 5.55. The lowest BCUT2D eigenvalue weighted by Gasteiger charge is -2.08. The van der Waals surface area contributed by atoms with Crippen LogP contribution in [0.25, 0.3) is 0 Å². The van der Waals surface area contributed by atoms with Crippen molar-refractivity contribution in [2.75, 3.05) is 0 Å². The Kier molecular flexibility index (Phi) is 6.03. The van der Waals surface area contributed by atoms with E-state index >= 15 is 0 Å². The normalized spacial score (nSPS) is 12.6. The summed E-state index contributed by atoms with van der Waals surface area (Å²) in [5.41, 5.74) is 0. The average Bonchev–Trinajstić information content (AvgIpc) is 3.32. The maximum atomic E-state index is 5.39. The molecule has 6 nitrogen and oxygen atoms in total. The molecule has 0 bridgehead atoms. The van der Waals surface area contributed by atoms with Crippen LogP contribution in [0.2, 0.25) is 0 Å². The van der Waals surface area contributed by atoms with E-state index < -0.39 is 0 Å². The van der Waals surface area contributed by atoms with E-state index in [1.165, 1.54) is 4.88 Å². The van der Waals surface area contributed by atoms with E-state index in [1.54, 1.807) is 29.4 Å². The van der Waals surface area contributed by atoms with E-state index in [0.717, 1.165) is 43.2 Å². The molecule has 0 aliphatic carbocycles. The molecule has 24 heavy (non-hydrogen) atoms. The van der Waals surface area contributed by atoms with Gasteiger partial charge in [0.15, 0.2) is 11.0 Å². The highest BCUT2D eigenvalue weighted by molar-refractivity contribution is 7.99. The van der Waals surface area contributed by atoms with Crippen LogP contribution in [0.1, 0.15) is 48.5 Å². The highest BCUT2D eigenvalue weighted by Gasteiger charge is 2.18. The standard InChI is InChI=1S/C16H21N5OS2/c1-3-4-7-14-18-15(22-20-14)12(2)24-16-19-17-11-21(16)9-8-13-6-5-10-23-13/h5-6,10-12H,3-4,7-9H2,1-2H3/t12-/m0/s1. The second kappa shape index (κ2) is 8.43. The number of hydrogen-bond acceptors (Lipinski definition) is 7. The largest absolute Gasteiger partial charge is 0.338 e. The summed E-state index contributed by atoms with van der Waals surface area (Å²) in [7, 11) is 0. The fourth-order valence-corrected chi connectivity index (χ4v) is 3.83. The lowest BCUT2D eigenvalue weighted by Crippen LogP contribution is -2.02. The Morgan fingerprint density at radius 1 is 1.38 bits per heavy atom. The van der Waals surface area contributed by atoms with E-state index in [2.05, 4.69) is 56.3 Å². The van der Waals surface area contributed by atoms with Crippen LogP contribution in [0, 0.1) is 0 Å². The Balaban J connectivity index is 1.59. The predicted molar refractivity (Wildman–Crippen MR) is 95.2 cm³/mol. The lowest BCUT2D eigenvalue weighted by molar-refractivity contribution is 0.374. The van der Waals surface area contributed by atoms with Crippen molar-refractivity contribution in [1.29, 1.82) is 0 Å². The van der Waals surface area contributed by atoms with Gasteiger partial charge in [0.2, 0.25) is 5.89 Å². The number of thioether (sulfide) groups is 1. The summed E-state index contributed by atoms with van der Waals surface area (Å²) >= 11 is 3.38. The molecule has 128 valence electrons. The average molecular weight is 364 g/mol. The van der Waals surface area contributed by atoms with Crippen molar-refractivity contribution in [1.82, 2.24) is 24.9 Å². The predicted octanol–water partition coefficient (Wildman–Crippen LogP) is 4.16. The Morgan fingerprint density at radius 3 is 3.08 bits per heavy atom. The van der Waals surface area contributed by atoms with Crippen LogP contribution in [0.3, 0.4) is 0 Å². The van der Waals surface area contributed by atoms with Gasteiger partial charge in [0.25, 0.3) is 0 Å². The van der Waals surface area contributed by atoms with Gasteiger partial charge in [-0.2, -0.15) is 4.98 Å². The van der Waals surface area contributed by atoms with E-state index in [9.17, 15) is 0 Å². The van der Waals surface area contributed by atoms with Crippen molar-refractivity contribution in [3.63, 3.8) is 0 Å². The molecule has 0 saturated carbocycles. The third kappa shape index (κ3) is 4.45. The fraction of sp³-hybridized carbons (Fsp3) is 0.500. The van der Waals surface area contributed by atoms with Crippen molar-refractivity contribution in [2.45, 2.75) is 56.5 Å². The topological polar surface area (TPSA) is 69.6 Å². The molecule has 0 amide bonds. The summed E-state index contributed by atoms with van der Waals surface area (Å²) < 4.78 is 7.47. The third-order valence-corrected chi connectivity index (χ3v) is 5.65. The molecule has 8 heteroatoms. The van der Waals surface area contributed by atoms with Gasteiger partial charge in [0, 0.05) is 17.8 Å². The maximum absolute atomic E-state index is 5.39. The minimum absolute atomic E-state index is 0.0533. The van der Waals surface area contributed by atoms with Crippen LogP contribution < -0.4 is 0 Å². The Hall–Kier alpha value is -1.67. The third-order valence-electron chi connectivity index (χ3n) is 3.63. The van der Waals surface area contributed by atoms with Gasteiger partial charge in [0.05, 0.1) is 5.25 Å². The van der Waals surface area contributed by atoms with Crippen LogP contribution in [-0.2, 0) is 19.4 Å². The van der Waals surface area contributed by atoms with Crippen molar-refractivity contribution >= 4 is 23.1 Å². The van der Waals surface area contributed by atoms with Crippen molar-refractivity contribution < 1.29 is 4.52 Å². The van der Waals surface area contributed by atoms with Crippen molar-refractivity contribution in [2.24, 2.45) is 0 Å². The zero-order valence-corrected chi connectivity index (χ0v) is 15.5. The number of thiophene rings is 1. The van der Waals surface area contributed by atoms with Crippen molar-refractivity contribution in [3.05, 3.63) is 40.4 Å². The summed E-state index contributed by atoms with van der Waals surface area (Å²) in [6.07, 6.45) is 5.84. The van der Waals surface area contributed by atoms with Crippen LogP contribution in [0.4, 0.5) is 0 Å². The molecule has 0 radical (unpaired) electrons. The molecule has 0 aromatic carbocycles. The smallest absolute Gasteiger partial charge is 0.239 e. The molecule has 0 N–H and O–H groups in total. The first-order valence-corrected chi connectivity index (χ1v) is 9.91. The molecule has 1 atom stereocenters. The first kappa shape index (κ1) is 17.2. The van der Waals surface area contributed by atoms with Crippen LogP contribution in [-0.4, -0.2) is 24.9 Å². The number of aryl methyl sites for hydroxylation is 3. The molecule has 0 unspecified atom stereocenters. The molecular weight excluding hydrogens is 342 g/mol. The maximum Gasteiger partial charge on any atom is 0.239 e. The SMILES string of the molecule is CCCCc1noc([C@H](C)Sc2nncn2CCc2cccs2)n1. The fourth-order valence-electron chi connectivity index (χ4n) is 2.25. The first-order chi connectivity index (χ1) is 11.8. The molecule has 3 heterocycles. The number of aromatic nitrogens is 5. The van der Waals surface area contributed by atoms with Gasteiger partial charge in [-0.1, -0.05) is 36.3 Å². The summed E-state index contributed by atoms with van der Waals surface area (Å²) in [5, 5.41) is 15.4. The minimum Gasteiger partial charge on any atom is -0.338 e. The molecule has 0 aliphatic heterocycles.